The van der Waals surface area contributed by atoms with Gasteiger partial charge in [0.1, 0.15) is 11.5 Å². The number of rotatable bonds is 5. The minimum Gasteiger partial charge on any atom is -0.506 e. The average Bonchev–Trinajstić information content (AvgIpc) is 2.30. The SMILES string of the molecule is CC(=O)[C@@H](Cc1cc(Cl)c(O)c(C(F)(F)F)c1)CC(C)O. The number of aromatic hydroxyl groups is 1. The molecule has 2 atom stereocenters. The third-order valence-corrected chi connectivity index (χ3v) is 3.40. The molecule has 1 rings (SSSR count). The van der Waals surface area contributed by atoms with E-state index >= 15 is 0 Å². The smallest absolute Gasteiger partial charge is 0.420 e. The van der Waals surface area contributed by atoms with Crippen molar-refractivity contribution >= 4 is 17.4 Å². The fourth-order valence-electron chi connectivity index (χ4n) is 2.08. The Morgan fingerprint density at radius 3 is 2.38 bits per heavy atom. The summed E-state index contributed by atoms with van der Waals surface area (Å²) in [7, 11) is 0. The van der Waals surface area contributed by atoms with E-state index in [4.69, 9.17) is 11.6 Å². The van der Waals surface area contributed by atoms with Gasteiger partial charge in [-0.25, -0.2) is 0 Å². The van der Waals surface area contributed by atoms with E-state index in [1.165, 1.54) is 19.9 Å². The molecule has 0 aliphatic rings. The van der Waals surface area contributed by atoms with Crippen molar-refractivity contribution in [2.45, 2.75) is 39.0 Å². The highest BCUT2D eigenvalue weighted by atomic mass is 35.5. The molecule has 3 nitrogen and oxygen atoms in total. The highest BCUT2D eigenvalue weighted by Gasteiger charge is 2.35. The molecule has 0 bridgehead atoms. The van der Waals surface area contributed by atoms with Crippen LogP contribution in [0.1, 0.15) is 31.4 Å². The van der Waals surface area contributed by atoms with Crippen molar-refractivity contribution in [3.8, 4) is 5.75 Å². The van der Waals surface area contributed by atoms with Crippen LogP contribution in [0.3, 0.4) is 0 Å². The van der Waals surface area contributed by atoms with E-state index in [9.17, 15) is 28.2 Å². The number of halogens is 4. The van der Waals surface area contributed by atoms with Gasteiger partial charge >= 0.3 is 6.18 Å². The van der Waals surface area contributed by atoms with Crippen molar-refractivity contribution in [2.24, 2.45) is 5.92 Å². The van der Waals surface area contributed by atoms with Gasteiger partial charge < -0.3 is 10.2 Å². The summed E-state index contributed by atoms with van der Waals surface area (Å²) in [4.78, 5) is 11.5. The predicted octanol–water partition coefficient (Wildman–Crippen LogP) is 3.58. The first-order chi connectivity index (χ1) is 9.52. The van der Waals surface area contributed by atoms with Gasteiger partial charge in [0.15, 0.2) is 0 Å². The van der Waals surface area contributed by atoms with Gasteiger partial charge in [0.05, 0.1) is 16.7 Å². The molecule has 0 aliphatic carbocycles. The number of carbonyl (C=O) groups excluding carboxylic acids is 1. The summed E-state index contributed by atoms with van der Waals surface area (Å²) in [6.45, 7) is 2.82. The quantitative estimate of drug-likeness (QED) is 0.870. The van der Waals surface area contributed by atoms with Crippen LogP contribution < -0.4 is 0 Å². The molecule has 0 spiro atoms. The van der Waals surface area contributed by atoms with Crippen LogP contribution in [-0.2, 0) is 17.4 Å². The van der Waals surface area contributed by atoms with Crippen molar-refractivity contribution in [1.82, 2.24) is 0 Å². The van der Waals surface area contributed by atoms with Gasteiger partial charge in [-0.05, 0) is 44.4 Å². The minimum atomic E-state index is -4.74. The summed E-state index contributed by atoms with van der Waals surface area (Å²) in [6.07, 6.45) is -5.31. The molecule has 0 aliphatic heterocycles. The molecule has 1 aromatic carbocycles. The van der Waals surface area contributed by atoms with Crippen LogP contribution in [0.5, 0.6) is 5.75 Å². The number of hydrogen-bond donors (Lipinski definition) is 2. The predicted molar refractivity (Wildman–Crippen MR) is 72.3 cm³/mol. The Bertz CT molecular complexity index is 527. The lowest BCUT2D eigenvalue weighted by atomic mass is 9.90. The van der Waals surface area contributed by atoms with Gasteiger partial charge in [-0.2, -0.15) is 13.2 Å². The van der Waals surface area contributed by atoms with Gasteiger partial charge in [-0.15, -0.1) is 0 Å². The molecule has 118 valence electrons. The number of Topliss-reactive ketones (excluding diaryl/α,β-unsaturated/α-hetero) is 1. The molecule has 21 heavy (non-hydrogen) atoms. The standard InChI is InChI=1S/C14H16ClF3O3/c1-7(19)3-10(8(2)20)4-9-5-11(14(16,17)18)13(21)12(15)6-9/h5-7,10,19,21H,3-4H2,1-2H3/t7?,10-/m1/s1. The molecule has 1 aromatic rings. The normalized spacial score (nSPS) is 14.8. The van der Waals surface area contributed by atoms with E-state index in [0.29, 0.717) is 0 Å². The average molecular weight is 325 g/mol. The first-order valence-corrected chi connectivity index (χ1v) is 6.67. The summed E-state index contributed by atoms with van der Waals surface area (Å²) < 4.78 is 38.4. The Morgan fingerprint density at radius 1 is 1.38 bits per heavy atom. The topological polar surface area (TPSA) is 57.5 Å². The Kier molecular flexibility index (Phi) is 5.64. The van der Waals surface area contributed by atoms with Crippen LogP contribution in [0, 0.1) is 5.92 Å². The van der Waals surface area contributed by atoms with Gasteiger partial charge in [0, 0.05) is 5.92 Å². The first-order valence-electron chi connectivity index (χ1n) is 6.29. The van der Waals surface area contributed by atoms with Gasteiger partial charge in [-0.3, -0.25) is 4.79 Å². The number of phenolic OH excluding ortho intramolecular Hbond substituents is 1. The lowest BCUT2D eigenvalue weighted by Gasteiger charge is -2.17. The molecule has 1 unspecified atom stereocenters. The molecule has 0 saturated carbocycles. The van der Waals surface area contributed by atoms with Crippen LogP contribution in [0.4, 0.5) is 13.2 Å². The Balaban J connectivity index is 3.14. The number of ketones is 1. The van der Waals surface area contributed by atoms with Crippen LogP contribution in [-0.4, -0.2) is 22.1 Å². The van der Waals surface area contributed by atoms with Gasteiger partial charge in [0.25, 0.3) is 0 Å². The number of aliphatic hydroxyl groups excluding tert-OH is 1. The summed E-state index contributed by atoms with van der Waals surface area (Å²) in [5, 5.41) is 18.3. The molecule has 0 saturated heterocycles. The number of carbonyl (C=O) groups is 1. The lowest BCUT2D eigenvalue weighted by molar-refractivity contribution is -0.138. The Hall–Kier alpha value is -1.27. The van der Waals surface area contributed by atoms with Crippen molar-refractivity contribution < 1.29 is 28.2 Å². The number of phenols is 1. The van der Waals surface area contributed by atoms with Crippen LogP contribution in [0.2, 0.25) is 5.02 Å². The highest BCUT2D eigenvalue weighted by Crippen LogP contribution is 2.40. The van der Waals surface area contributed by atoms with Gasteiger partial charge in [0.2, 0.25) is 0 Å². The second-order valence-corrected chi connectivity index (χ2v) is 5.48. The second-order valence-electron chi connectivity index (χ2n) is 5.07. The molecule has 0 fully saturated rings. The summed E-state index contributed by atoms with van der Waals surface area (Å²) in [6, 6.07) is 1.98. The number of benzene rings is 1. The maximum Gasteiger partial charge on any atom is 0.420 e. The maximum atomic E-state index is 12.8. The van der Waals surface area contributed by atoms with E-state index in [2.05, 4.69) is 0 Å². The summed E-state index contributed by atoms with van der Waals surface area (Å²) >= 11 is 5.61. The molecule has 2 N–H and O–H groups in total. The number of aliphatic hydroxyl groups is 1. The fourth-order valence-corrected chi connectivity index (χ4v) is 2.32. The van der Waals surface area contributed by atoms with Crippen molar-refractivity contribution in [1.29, 1.82) is 0 Å². The summed E-state index contributed by atoms with van der Waals surface area (Å²) in [5.41, 5.74) is -1.05. The molecule has 7 heteroatoms. The fraction of sp³-hybridized carbons (Fsp3) is 0.500. The van der Waals surface area contributed by atoms with Crippen LogP contribution in [0.15, 0.2) is 12.1 Å². The molecular weight excluding hydrogens is 309 g/mol. The zero-order chi connectivity index (χ0) is 16.4. The van der Waals surface area contributed by atoms with E-state index in [1.807, 2.05) is 0 Å². The maximum absolute atomic E-state index is 12.8. The molecule has 0 aromatic heterocycles. The first kappa shape index (κ1) is 17.8. The highest BCUT2D eigenvalue weighted by molar-refractivity contribution is 6.32. The number of hydrogen-bond acceptors (Lipinski definition) is 3. The molecule has 0 radical (unpaired) electrons. The van der Waals surface area contributed by atoms with Crippen LogP contribution in [0.25, 0.3) is 0 Å². The largest absolute Gasteiger partial charge is 0.506 e. The zero-order valence-electron chi connectivity index (χ0n) is 11.5. The zero-order valence-corrected chi connectivity index (χ0v) is 12.3. The summed E-state index contributed by atoms with van der Waals surface area (Å²) in [5.74, 6) is -1.86. The van der Waals surface area contributed by atoms with Crippen molar-refractivity contribution in [3.05, 3.63) is 28.3 Å². The second kappa shape index (κ2) is 6.66. The van der Waals surface area contributed by atoms with E-state index < -0.39 is 34.5 Å². The van der Waals surface area contributed by atoms with E-state index in [1.54, 1.807) is 0 Å². The molecular formula is C14H16ClF3O3. The monoisotopic (exact) mass is 324 g/mol. The van der Waals surface area contributed by atoms with Crippen molar-refractivity contribution in [2.75, 3.05) is 0 Å². The third-order valence-electron chi connectivity index (χ3n) is 3.11. The number of alkyl halides is 3. The van der Waals surface area contributed by atoms with Crippen molar-refractivity contribution in [3.63, 3.8) is 0 Å². The lowest BCUT2D eigenvalue weighted by Crippen LogP contribution is -2.20. The van der Waals surface area contributed by atoms with Crippen LogP contribution >= 0.6 is 11.6 Å². The van der Waals surface area contributed by atoms with Gasteiger partial charge in [-0.1, -0.05) is 11.6 Å². The van der Waals surface area contributed by atoms with E-state index in [0.717, 1.165) is 6.07 Å². The third kappa shape index (κ3) is 4.89. The minimum absolute atomic E-state index is 0.0172. The Morgan fingerprint density at radius 2 is 1.95 bits per heavy atom. The molecule has 0 heterocycles. The van der Waals surface area contributed by atoms with E-state index in [-0.39, 0.29) is 24.2 Å². The Labute approximate surface area is 125 Å². The molecule has 0 amide bonds.